The van der Waals surface area contributed by atoms with E-state index >= 15 is 0 Å². The van der Waals surface area contributed by atoms with Crippen molar-refractivity contribution >= 4 is 29.8 Å². The molecule has 90 valence electrons. The van der Waals surface area contributed by atoms with E-state index < -0.39 is 0 Å². The first-order chi connectivity index (χ1) is 7.70. The minimum absolute atomic E-state index is 0. The fraction of sp³-hybridized carbons (Fsp3) is 0.0909. The molecule has 0 aliphatic heterocycles. The van der Waals surface area contributed by atoms with E-state index in [1.54, 1.807) is 0 Å². The molecular weight excluding hydrogens is 259 g/mol. The second kappa shape index (κ2) is 5.82. The number of nitrogen functional groups attached to an aromatic ring is 1. The van der Waals surface area contributed by atoms with Gasteiger partial charge in [-0.3, -0.25) is 0 Å². The Morgan fingerprint density at radius 1 is 1.18 bits per heavy atom. The molecule has 4 nitrogen and oxygen atoms in total. The van der Waals surface area contributed by atoms with Crippen molar-refractivity contribution < 1.29 is 0 Å². The lowest BCUT2D eigenvalue weighted by Gasteiger charge is -2.05. The van der Waals surface area contributed by atoms with Crippen molar-refractivity contribution in [1.29, 1.82) is 0 Å². The van der Waals surface area contributed by atoms with Gasteiger partial charge in [0.15, 0.2) is 5.82 Å². The molecule has 2 rings (SSSR count). The van der Waals surface area contributed by atoms with Crippen LogP contribution in [0.2, 0.25) is 5.02 Å². The third kappa shape index (κ3) is 3.06. The van der Waals surface area contributed by atoms with Gasteiger partial charge in [-0.2, -0.15) is 0 Å². The average molecular weight is 271 g/mol. The van der Waals surface area contributed by atoms with Crippen LogP contribution in [-0.2, 0) is 0 Å². The highest BCUT2D eigenvalue weighted by Gasteiger charge is 2.04. The largest absolute Gasteiger partial charge is 0.307 e. The summed E-state index contributed by atoms with van der Waals surface area (Å²) in [6.45, 7) is 1.92. The van der Waals surface area contributed by atoms with E-state index in [0.717, 1.165) is 16.8 Å². The van der Waals surface area contributed by atoms with E-state index in [9.17, 15) is 0 Å². The molecule has 0 bridgehead atoms. The molecule has 17 heavy (non-hydrogen) atoms. The first kappa shape index (κ1) is 13.7. The van der Waals surface area contributed by atoms with Gasteiger partial charge in [0.1, 0.15) is 0 Å². The van der Waals surface area contributed by atoms with Crippen molar-refractivity contribution in [2.45, 2.75) is 6.92 Å². The summed E-state index contributed by atoms with van der Waals surface area (Å²) in [5.41, 5.74) is 5.21. The second-order valence-electron chi connectivity index (χ2n) is 3.41. The van der Waals surface area contributed by atoms with Crippen LogP contribution in [0, 0.1) is 6.92 Å². The van der Waals surface area contributed by atoms with Gasteiger partial charge in [0.05, 0.1) is 5.69 Å². The van der Waals surface area contributed by atoms with Crippen molar-refractivity contribution in [3.8, 4) is 11.3 Å². The Hall–Kier alpha value is -1.36. The predicted octanol–water partition coefficient (Wildman–Crippen LogP) is 2.81. The molecule has 0 unspecified atom stereocenters. The number of nitrogens with two attached hydrogens (primary N) is 1. The number of aryl methyl sites for hydroxylation is 1. The van der Waals surface area contributed by atoms with Crippen molar-refractivity contribution in [1.82, 2.24) is 10.2 Å². The summed E-state index contributed by atoms with van der Waals surface area (Å²) in [6, 6.07) is 9.38. The molecule has 3 N–H and O–H groups in total. The zero-order chi connectivity index (χ0) is 11.5. The number of aromatic nitrogens is 2. The first-order valence-corrected chi connectivity index (χ1v) is 5.15. The molecule has 0 aliphatic carbocycles. The number of rotatable bonds is 2. The Labute approximate surface area is 111 Å². The van der Waals surface area contributed by atoms with E-state index in [0.29, 0.717) is 10.8 Å². The predicted molar refractivity (Wildman–Crippen MR) is 72.3 cm³/mol. The van der Waals surface area contributed by atoms with Gasteiger partial charge < -0.3 is 5.43 Å². The van der Waals surface area contributed by atoms with Crippen molar-refractivity contribution in [3.63, 3.8) is 0 Å². The molecule has 0 fully saturated rings. The highest BCUT2D eigenvalue weighted by molar-refractivity contribution is 6.30. The van der Waals surface area contributed by atoms with Crippen LogP contribution in [0.1, 0.15) is 5.56 Å². The molecule has 0 saturated heterocycles. The molecule has 0 spiro atoms. The Bertz CT molecular complexity index is 499. The van der Waals surface area contributed by atoms with Crippen molar-refractivity contribution in [2.24, 2.45) is 5.84 Å². The van der Waals surface area contributed by atoms with Gasteiger partial charge in [0.25, 0.3) is 0 Å². The van der Waals surface area contributed by atoms with Crippen LogP contribution in [-0.4, -0.2) is 10.2 Å². The molecule has 0 aliphatic rings. The molecule has 0 radical (unpaired) electrons. The summed E-state index contributed by atoms with van der Waals surface area (Å²) in [5.74, 6) is 5.87. The van der Waals surface area contributed by atoms with Crippen LogP contribution in [0.5, 0.6) is 0 Å². The number of nitrogens with one attached hydrogen (secondary N) is 1. The highest BCUT2D eigenvalue weighted by atomic mass is 35.5. The van der Waals surface area contributed by atoms with Gasteiger partial charge in [-0.1, -0.05) is 23.7 Å². The highest BCUT2D eigenvalue weighted by Crippen LogP contribution is 2.21. The molecule has 1 aromatic heterocycles. The number of hydrazine groups is 1. The van der Waals surface area contributed by atoms with Gasteiger partial charge in [0.2, 0.25) is 0 Å². The summed E-state index contributed by atoms with van der Waals surface area (Å²) in [4.78, 5) is 0. The van der Waals surface area contributed by atoms with Gasteiger partial charge in [0, 0.05) is 10.6 Å². The molecule has 1 aromatic carbocycles. The van der Waals surface area contributed by atoms with Crippen molar-refractivity contribution in [3.05, 3.63) is 40.9 Å². The molecule has 0 saturated carbocycles. The minimum Gasteiger partial charge on any atom is -0.307 e. The van der Waals surface area contributed by atoms with Crippen LogP contribution >= 0.6 is 24.0 Å². The SMILES string of the molecule is Cc1cc(-c2ccc(Cl)cc2)nnc1NN.Cl. The van der Waals surface area contributed by atoms with Crippen molar-refractivity contribution in [2.75, 3.05) is 5.43 Å². The van der Waals surface area contributed by atoms with E-state index in [1.165, 1.54) is 0 Å². The Morgan fingerprint density at radius 3 is 2.35 bits per heavy atom. The van der Waals surface area contributed by atoms with Crippen LogP contribution in [0.4, 0.5) is 5.82 Å². The number of hydrogen-bond acceptors (Lipinski definition) is 4. The number of anilines is 1. The monoisotopic (exact) mass is 270 g/mol. The zero-order valence-electron chi connectivity index (χ0n) is 9.14. The first-order valence-electron chi connectivity index (χ1n) is 4.77. The van der Waals surface area contributed by atoms with E-state index in [4.69, 9.17) is 17.4 Å². The quantitative estimate of drug-likeness (QED) is 0.651. The number of hydrogen-bond donors (Lipinski definition) is 2. The minimum atomic E-state index is 0. The molecule has 6 heteroatoms. The maximum atomic E-state index is 5.82. The van der Waals surface area contributed by atoms with Crippen LogP contribution in [0.3, 0.4) is 0 Å². The lowest BCUT2D eigenvalue weighted by atomic mass is 10.1. The van der Waals surface area contributed by atoms with Crippen LogP contribution < -0.4 is 11.3 Å². The zero-order valence-corrected chi connectivity index (χ0v) is 10.7. The summed E-state index contributed by atoms with van der Waals surface area (Å²) in [5, 5.41) is 8.75. The summed E-state index contributed by atoms with van der Waals surface area (Å²) >= 11 is 5.82. The number of nitrogens with zero attached hydrogens (tertiary/aromatic N) is 2. The van der Waals surface area contributed by atoms with Crippen LogP contribution in [0.25, 0.3) is 11.3 Å². The van der Waals surface area contributed by atoms with E-state index in [-0.39, 0.29) is 12.4 Å². The third-order valence-electron chi connectivity index (χ3n) is 2.26. The number of halogens is 2. The van der Waals surface area contributed by atoms with Crippen LogP contribution in [0.15, 0.2) is 30.3 Å². The smallest absolute Gasteiger partial charge is 0.165 e. The standard InChI is InChI=1S/C11H11ClN4.ClH/c1-7-6-10(15-16-11(7)14-13)8-2-4-9(12)5-3-8;/h2-6H,13H2,1H3,(H,14,16);1H. The Balaban J connectivity index is 0.00000144. The Morgan fingerprint density at radius 2 is 1.82 bits per heavy atom. The lowest BCUT2D eigenvalue weighted by molar-refractivity contribution is 1.01. The molecule has 0 amide bonds. The fourth-order valence-corrected chi connectivity index (χ4v) is 1.52. The molecule has 0 atom stereocenters. The van der Waals surface area contributed by atoms with Gasteiger partial charge >= 0.3 is 0 Å². The van der Waals surface area contributed by atoms with Gasteiger partial charge in [-0.05, 0) is 30.7 Å². The summed E-state index contributed by atoms with van der Waals surface area (Å²) < 4.78 is 0. The Kier molecular flexibility index (Phi) is 4.69. The molecular formula is C11H12Cl2N4. The number of benzene rings is 1. The van der Waals surface area contributed by atoms with E-state index in [1.807, 2.05) is 37.3 Å². The second-order valence-corrected chi connectivity index (χ2v) is 3.85. The molecule has 1 heterocycles. The maximum absolute atomic E-state index is 5.82. The van der Waals surface area contributed by atoms with Gasteiger partial charge in [-0.15, -0.1) is 22.6 Å². The normalized spacial score (nSPS) is 9.59. The molecule has 2 aromatic rings. The summed E-state index contributed by atoms with van der Waals surface area (Å²) in [6.07, 6.45) is 0. The fourth-order valence-electron chi connectivity index (χ4n) is 1.39. The topological polar surface area (TPSA) is 63.8 Å². The lowest BCUT2D eigenvalue weighted by Crippen LogP contribution is -2.11. The summed E-state index contributed by atoms with van der Waals surface area (Å²) in [7, 11) is 0. The maximum Gasteiger partial charge on any atom is 0.165 e. The van der Waals surface area contributed by atoms with Gasteiger partial charge in [-0.25, -0.2) is 5.84 Å². The van der Waals surface area contributed by atoms with E-state index in [2.05, 4.69) is 15.6 Å². The average Bonchev–Trinajstić information content (AvgIpc) is 2.30. The third-order valence-corrected chi connectivity index (χ3v) is 2.51.